The van der Waals surface area contributed by atoms with E-state index in [1.807, 2.05) is 0 Å². The molecule has 1 atom stereocenters. The average Bonchev–Trinajstić information content (AvgIpc) is 2.35. The van der Waals surface area contributed by atoms with Gasteiger partial charge in [0.05, 0.1) is 0 Å². The molecule has 0 heterocycles. The summed E-state index contributed by atoms with van der Waals surface area (Å²) in [7, 11) is 0. The molecule has 50 valence electrons. The van der Waals surface area contributed by atoms with Crippen LogP contribution >= 0.6 is 0 Å². The third-order valence-corrected chi connectivity index (χ3v) is 2.58. The van der Waals surface area contributed by atoms with Crippen molar-refractivity contribution in [2.24, 2.45) is 5.73 Å². The fourth-order valence-corrected chi connectivity index (χ4v) is 2.07. The molecule has 0 fully saturated rings. The van der Waals surface area contributed by atoms with Gasteiger partial charge in [0.1, 0.15) is 0 Å². The Morgan fingerprint density at radius 2 is 2.11 bits per heavy atom. The van der Waals surface area contributed by atoms with E-state index in [4.69, 9.17) is 5.73 Å². The van der Waals surface area contributed by atoms with Crippen molar-refractivity contribution in [2.45, 2.75) is 38.1 Å². The van der Waals surface area contributed by atoms with Crippen LogP contribution in [-0.2, 0) is 0 Å². The first-order valence-corrected chi connectivity index (χ1v) is 3.84. The summed E-state index contributed by atoms with van der Waals surface area (Å²) in [6.45, 7) is 0. The van der Waals surface area contributed by atoms with E-state index in [1.54, 1.807) is 11.1 Å². The highest BCUT2D eigenvalue weighted by atomic mass is 14.7. The first-order chi connectivity index (χ1) is 4.38. The number of nitrogens with two attached hydrogens (primary N) is 1. The second kappa shape index (κ2) is 1.84. The normalized spacial score (nSPS) is 33.7. The molecule has 0 spiro atoms. The molecule has 0 saturated heterocycles. The van der Waals surface area contributed by atoms with Crippen molar-refractivity contribution in [3.8, 4) is 0 Å². The van der Waals surface area contributed by atoms with Crippen molar-refractivity contribution in [2.75, 3.05) is 0 Å². The van der Waals surface area contributed by atoms with E-state index in [1.165, 1.54) is 32.1 Å². The molecule has 2 N–H and O–H groups in total. The van der Waals surface area contributed by atoms with Gasteiger partial charge in [-0.2, -0.15) is 0 Å². The molecule has 0 aromatic rings. The molecule has 1 nitrogen and oxygen atoms in total. The van der Waals surface area contributed by atoms with Gasteiger partial charge < -0.3 is 5.73 Å². The van der Waals surface area contributed by atoms with Crippen LogP contribution in [0.2, 0.25) is 0 Å². The van der Waals surface area contributed by atoms with Crippen molar-refractivity contribution < 1.29 is 0 Å². The topological polar surface area (TPSA) is 26.0 Å². The van der Waals surface area contributed by atoms with E-state index in [0.29, 0.717) is 6.04 Å². The molecular formula is C8H13N. The first-order valence-electron chi connectivity index (χ1n) is 3.84. The third-order valence-electron chi connectivity index (χ3n) is 2.58. The highest BCUT2D eigenvalue weighted by Gasteiger charge is 2.25. The van der Waals surface area contributed by atoms with Crippen LogP contribution in [0, 0.1) is 0 Å². The van der Waals surface area contributed by atoms with E-state index in [0.717, 1.165) is 0 Å². The fraction of sp³-hybridized carbons (Fsp3) is 0.750. The minimum Gasteiger partial charge on any atom is -0.324 e. The van der Waals surface area contributed by atoms with Crippen LogP contribution in [0.1, 0.15) is 32.1 Å². The van der Waals surface area contributed by atoms with E-state index in [2.05, 4.69) is 0 Å². The summed E-state index contributed by atoms with van der Waals surface area (Å²) in [4.78, 5) is 0. The largest absolute Gasteiger partial charge is 0.324 e. The molecular weight excluding hydrogens is 110 g/mol. The first kappa shape index (κ1) is 5.48. The molecule has 2 aliphatic carbocycles. The fourth-order valence-electron chi connectivity index (χ4n) is 2.07. The number of allylic oxidation sites excluding steroid dienone is 1. The molecule has 9 heavy (non-hydrogen) atoms. The van der Waals surface area contributed by atoms with Crippen molar-refractivity contribution in [1.82, 2.24) is 0 Å². The maximum Gasteiger partial charge on any atom is 0.0259 e. The standard InChI is InChI=1S/C8H13N/c9-8-5-4-6-2-1-3-7(6)8/h8H,1-5,9H2. The highest BCUT2D eigenvalue weighted by Crippen LogP contribution is 2.37. The minimum absolute atomic E-state index is 0.447. The average molecular weight is 123 g/mol. The van der Waals surface area contributed by atoms with Gasteiger partial charge in [-0.3, -0.25) is 0 Å². The van der Waals surface area contributed by atoms with Gasteiger partial charge >= 0.3 is 0 Å². The van der Waals surface area contributed by atoms with Gasteiger partial charge in [-0.1, -0.05) is 11.1 Å². The maximum atomic E-state index is 5.86. The summed E-state index contributed by atoms with van der Waals surface area (Å²) in [5.41, 5.74) is 9.17. The van der Waals surface area contributed by atoms with Crippen LogP contribution in [-0.4, -0.2) is 6.04 Å². The number of rotatable bonds is 0. The second-order valence-corrected chi connectivity index (χ2v) is 3.13. The van der Waals surface area contributed by atoms with Crippen molar-refractivity contribution in [1.29, 1.82) is 0 Å². The smallest absolute Gasteiger partial charge is 0.0259 e. The van der Waals surface area contributed by atoms with E-state index < -0.39 is 0 Å². The van der Waals surface area contributed by atoms with Crippen LogP contribution in [0.4, 0.5) is 0 Å². The molecule has 0 radical (unpaired) electrons. The summed E-state index contributed by atoms with van der Waals surface area (Å²) >= 11 is 0. The predicted molar refractivity (Wildman–Crippen MR) is 38.1 cm³/mol. The summed E-state index contributed by atoms with van der Waals surface area (Å²) < 4.78 is 0. The summed E-state index contributed by atoms with van der Waals surface area (Å²) in [5, 5.41) is 0. The lowest BCUT2D eigenvalue weighted by atomic mass is 10.1. The molecule has 2 rings (SSSR count). The van der Waals surface area contributed by atoms with Crippen LogP contribution in [0.3, 0.4) is 0 Å². The van der Waals surface area contributed by atoms with Gasteiger partial charge in [-0.25, -0.2) is 0 Å². The molecule has 1 unspecified atom stereocenters. The van der Waals surface area contributed by atoms with Gasteiger partial charge in [0.15, 0.2) is 0 Å². The second-order valence-electron chi connectivity index (χ2n) is 3.13. The van der Waals surface area contributed by atoms with Gasteiger partial charge in [0.2, 0.25) is 0 Å². The minimum atomic E-state index is 0.447. The lowest BCUT2D eigenvalue weighted by molar-refractivity contribution is 0.688. The molecule has 0 aromatic heterocycles. The van der Waals surface area contributed by atoms with E-state index in [-0.39, 0.29) is 0 Å². The van der Waals surface area contributed by atoms with Crippen LogP contribution in [0.5, 0.6) is 0 Å². The highest BCUT2D eigenvalue weighted by molar-refractivity contribution is 5.28. The maximum absolute atomic E-state index is 5.86. The van der Waals surface area contributed by atoms with Gasteiger partial charge in [-0.05, 0) is 32.1 Å². The molecule has 0 bridgehead atoms. The summed E-state index contributed by atoms with van der Waals surface area (Å²) in [6, 6.07) is 0.447. The summed E-state index contributed by atoms with van der Waals surface area (Å²) in [6.07, 6.45) is 6.55. The number of hydrogen-bond acceptors (Lipinski definition) is 1. The Labute approximate surface area is 55.9 Å². The Kier molecular flexibility index (Phi) is 1.12. The van der Waals surface area contributed by atoms with Crippen LogP contribution in [0.15, 0.2) is 11.1 Å². The van der Waals surface area contributed by atoms with Gasteiger partial charge in [-0.15, -0.1) is 0 Å². The van der Waals surface area contributed by atoms with Crippen LogP contribution < -0.4 is 5.73 Å². The van der Waals surface area contributed by atoms with Crippen LogP contribution in [0.25, 0.3) is 0 Å². The molecule has 0 aliphatic heterocycles. The molecule has 0 amide bonds. The Bertz CT molecular complexity index is 158. The Balaban J connectivity index is 2.24. The molecule has 0 aromatic carbocycles. The third kappa shape index (κ3) is 0.715. The monoisotopic (exact) mass is 123 g/mol. The predicted octanol–water partition coefficient (Wildman–Crippen LogP) is 1.59. The Hall–Kier alpha value is -0.300. The van der Waals surface area contributed by atoms with Crippen molar-refractivity contribution >= 4 is 0 Å². The molecule has 2 aliphatic rings. The quantitative estimate of drug-likeness (QED) is 0.486. The van der Waals surface area contributed by atoms with Crippen molar-refractivity contribution in [3.05, 3.63) is 11.1 Å². The van der Waals surface area contributed by atoms with E-state index >= 15 is 0 Å². The lowest BCUT2D eigenvalue weighted by Gasteiger charge is -2.04. The molecule has 1 heteroatoms. The van der Waals surface area contributed by atoms with Gasteiger partial charge in [0.25, 0.3) is 0 Å². The number of hydrogen-bond donors (Lipinski definition) is 1. The van der Waals surface area contributed by atoms with Crippen molar-refractivity contribution in [3.63, 3.8) is 0 Å². The molecule has 0 saturated carbocycles. The van der Waals surface area contributed by atoms with Gasteiger partial charge in [0, 0.05) is 6.04 Å². The SMILES string of the molecule is NC1CCC2=C1CCC2. The van der Waals surface area contributed by atoms with E-state index in [9.17, 15) is 0 Å². The Morgan fingerprint density at radius 1 is 1.22 bits per heavy atom. The zero-order valence-corrected chi connectivity index (χ0v) is 5.69. The lowest BCUT2D eigenvalue weighted by Crippen LogP contribution is -2.17. The zero-order chi connectivity index (χ0) is 6.27. The zero-order valence-electron chi connectivity index (χ0n) is 5.69. The Morgan fingerprint density at radius 3 is 2.89 bits per heavy atom. The summed E-state index contributed by atoms with van der Waals surface area (Å²) in [5.74, 6) is 0.